The quantitative estimate of drug-likeness (QED) is 0.641. The Kier molecular flexibility index (Phi) is 4.28. The van der Waals surface area contributed by atoms with Crippen LogP contribution >= 0.6 is 11.8 Å². The number of para-hydroxylation sites is 1. The van der Waals surface area contributed by atoms with E-state index in [1.54, 1.807) is 11.8 Å². The highest BCUT2D eigenvalue weighted by molar-refractivity contribution is 7.99. The normalized spacial score (nSPS) is 12.6. The van der Waals surface area contributed by atoms with Crippen LogP contribution in [-0.4, -0.2) is 29.9 Å². The minimum atomic E-state index is -0.535. The number of benzene rings is 1. The summed E-state index contributed by atoms with van der Waals surface area (Å²) in [5.74, 6) is 0.426. The molecule has 2 rings (SSSR count). The van der Waals surface area contributed by atoms with E-state index in [4.69, 9.17) is 5.73 Å². The van der Waals surface area contributed by atoms with E-state index in [2.05, 4.69) is 21.9 Å². The highest BCUT2D eigenvalue weighted by Gasteiger charge is 2.13. The van der Waals surface area contributed by atoms with Crippen molar-refractivity contribution in [2.45, 2.75) is 17.5 Å². The average molecular weight is 264 g/mol. The number of thioether (sulfide) groups is 1. The second-order valence-corrected chi connectivity index (χ2v) is 5.12. The second-order valence-electron chi connectivity index (χ2n) is 3.99. The summed E-state index contributed by atoms with van der Waals surface area (Å²) in [7, 11) is 1.35. The number of fused-ring (bicyclic) bond motifs is 1. The molecule has 0 saturated heterocycles. The van der Waals surface area contributed by atoms with Gasteiger partial charge in [0.05, 0.1) is 12.1 Å². The Morgan fingerprint density at radius 2 is 2.28 bits per heavy atom. The maximum Gasteiger partial charge on any atom is 0.322 e. The Hall–Kier alpha value is -1.46. The number of esters is 1. The number of nitrogens with two attached hydrogens (primary N) is 1. The topological polar surface area (TPSA) is 68.1 Å². The molecule has 4 nitrogen and oxygen atoms in total. The SMILES string of the molecule is COC(=O)C(N)CCSc1cc2ccccc2[nH]1. The number of methoxy groups -OCH3 is 1. The molecule has 0 radical (unpaired) electrons. The largest absolute Gasteiger partial charge is 0.468 e. The molecule has 3 N–H and O–H groups in total. The first-order chi connectivity index (χ1) is 8.70. The first-order valence-corrected chi connectivity index (χ1v) is 6.73. The van der Waals surface area contributed by atoms with Gasteiger partial charge in [-0.3, -0.25) is 4.79 Å². The Bertz CT molecular complexity index is 506. The molecule has 18 heavy (non-hydrogen) atoms. The molecule has 0 aliphatic heterocycles. The fraction of sp³-hybridized carbons (Fsp3) is 0.308. The van der Waals surface area contributed by atoms with Gasteiger partial charge < -0.3 is 15.5 Å². The highest BCUT2D eigenvalue weighted by atomic mass is 32.2. The number of hydrogen-bond donors (Lipinski definition) is 2. The fourth-order valence-electron chi connectivity index (χ4n) is 1.69. The summed E-state index contributed by atoms with van der Waals surface area (Å²) in [6.07, 6.45) is 0.604. The van der Waals surface area contributed by atoms with E-state index in [1.165, 1.54) is 12.5 Å². The van der Waals surface area contributed by atoms with Crippen LogP contribution in [0.3, 0.4) is 0 Å². The number of hydrogen-bond acceptors (Lipinski definition) is 4. The Morgan fingerprint density at radius 3 is 3.00 bits per heavy atom. The second kappa shape index (κ2) is 5.93. The van der Waals surface area contributed by atoms with Gasteiger partial charge in [0.25, 0.3) is 0 Å². The van der Waals surface area contributed by atoms with Crippen molar-refractivity contribution in [3.63, 3.8) is 0 Å². The van der Waals surface area contributed by atoms with Crippen molar-refractivity contribution in [1.29, 1.82) is 0 Å². The molecular weight excluding hydrogens is 248 g/mol. The number of H-pyrrole nitrogens is 1. The lowest BCUT2D eigenvalue weighted by Crippen LogP contribution is -2.31. The summed E-state index contributed by atoms with van der Waals surface area (Å²) in [6, 6.07) is 9.68. The van der Waals surface area contributed by atoms with Crippen LogP contribution in [0.1, 0.15) is 6.42 Å². The van der Waals surface area contributed by atoms with Crippen molar-refractivity contribution in [1.82, 2.24) is 4.98 Å². The molecule has 0 bridgehead atoms. The van der Waals surface area contributed by atoms with Gasteiger partial charge >= 0.3 is 5.97 Å². The molecule has 1 heterocycles. The van der Waals surface area contributed by atoms with Gasteiger partial charge in [0.15, 0.2) is 0 Å². The number of aromatic amines is 1. The first kappa shape index (κ1) is 13.0. The van der Waals surface area contributed by atoms with Crippen LogP contribution in [-0.2, 0) is 9.53 Å². The molecule has 1 aromatic heterocycles. The standard InChI is InChI=1S/C13H16N2O2S/c1-17-13(16)10(14)6-7-18-12-8-9-4-2-3-5-11(9)15-12/h2-5,8,10,15H,6-7,14H2,1H3. The van der Waals surface area contributed by atoms with Crippen molar-refractivity contribution in [3.05, 3.63) is 30.3 Å². The zero-order chi connectivity index (χ0) is 13.0. The lowest BCUT2D eigenvalue weighted by Gasteiger charge is -2.07. The van der Waals surface area contributed by atoms with Gasteiger partial charge in [-0.05, 0) is 18.6 Å². The molecule has 96 valence electrons. The smallest absolute Gasteiger partial charge is 0.322 e. The number of aromatic nitrogens is 1. The number of rotatable bonds is 5. The molecule has 0 aliphatic carbocycles. The van der Waals surface area contributed by atoms with Crippen molar-refractivity contribution in [3.8, 4) is 0 Å². The van der Waals surface area contributed by atoms with Gasteiger partial charge in [-0.2, -0.15) is 0 Å². The van der Waals surface area contributed by atoms with Crippen LogP contribution in [0, 0.1) is 0 Å². The van der Waals surface area contributed by atoms with E-state index in [1.807, 2.05) is 18.2 Å². The van der Waals surface area contributed by atoms with Gasteiger partial charge in [-0.1, -0.05) is 18.2 Å². The minimum absolute atomic E-state index is 0.354. The maximum absolute atomic E-state index is 11.1. The number of ether oxygens (including phenoxy) is 1. The van der Waals surface area contributed by atoms with E-state index in [0.29, 0.717) is 6.42 Å². The monoisotopic (exact) mass is 264 g/mol. The van der Waals surface area contributed by atoms with Gasteiger partial charge in [-0.25, -0.2) is 0 Å². The van der Waals surface area contributed by atoms with Crippen LogP contribution in [0.15, 0.2) is 35.4 Å². The third-order valence-corrected chi connectivity index (χ3v) is 3.67. The molecule has 0 saturated carbocycles. The summed E-state index contributed by atoms with van der Waals surface area (Å²) in [5, 5.41) is 2.28. The number of carbonyl (C=O) groups excluding carboxylic acids is 1. The Balaban J connectivity index is 1.88. The van der Waals surface area contributed by atoms with E-state index in [9.17, 15) is 4.79 Å². The maximum atomic E-state index is 11.1. The molecule has 0 aliphatic rings. The molecule has 2 aromatic rings. The lowest BCUT2D eigenvalue weighted by atomic mass is 10.2. The van der Waals surface area contributed by atoms with Gasteiger partial charge in [0, 0.05) is 16.7 Å². The third kappa shape index (κ3) is 3.05. The van der Waals surface area contributed by atoms with Crippen LogP contribution in [0.5, 0.6) is 0 Å². The molecule has 5 heteroatoms. The molecule has 0 amide bonds. The predicted octanol–water partition coefficient (Wildman–Crippen LogP) is 2.15. The Labute approximate surface area is 110 Å². The van der Waals surface area contributed by atoms with Crippen LogP contribution < -0.4 is 5.73 Å². The molecule has 1 unspecified atom stereocenters. The van der Waals surface area contributed by atoms with Gasteiger partial charge in [0.2, 0.25) is 0 Å². The predicted molar refractivity (Wildman–Crippen MR) is 73.6 cm³/mol. The summed E-state index contributed by atoms with van der Waals surface area (Å²) in [6.45, 7) is 0. The summed E-state index contributed by atoms with van der Waals surface area (Å²) >= 11 is 1.66. The van der Waals surface area contributed by atoms with Crippen molar-refractivity contribution < 1.29 is 9.53 Å². The molecule has 1 aromatic carbocycles. The number of nitrogens with one attached hydrogen (secondary N) is 1. The summed E-state index contributed by atoms with van der Waals surface area (Å²) < 4.78 is 4.58. The first-order valence-electron chi connectivity index (χ1n) is 5.74. The van der Waals surface area contributed by atoms with E-state index < -0.39 is 6.04 Å². The van der Waals surface area contributed by atoms with Gasteiger partial charge in [-0.15, -0.1) is 11.8 Å². The molecular formula is C13H16N2O2S. The van der Waals surface area contributed by atoms with Crippen molar-refractivity contribution >= 4 is 28.6 Å². The van der Waals surface area contributed by atoms with Crippen LogP contribution in [0.4, 0.5) is 0 Å². The molecule has 0 spiro atoms. The molecule has 0 fully saturated rings. The average Bonchev–Trinajstić information content (AvgIpc) is 2.80. The summed E-state index contributed by atoms with van der Waals surface area (Å²) in [4.78, 5) is 14.4. The lowest BCUT2D eigenvalue weighted by molar-refractivity contribution is -0.142. The van der Waals surface area contributed by atoms with Gasteiger partial charge in [0.1, 0.15) is 6.04 Å². The third-order valence-electron chi connectivity index (χ3n) is 2.70. The fourth-order valence-corrected chi connectivity index (χ4v) is 2.67. The van der Waals surface area contributed by atoms with E-state index >= 15 is 0 Å². The zero-order valence-electron chi connectivity index (χ0n) is 10.2. The zero-order valence-corrected chi connectivity index (χ0v) is 11.0. The molecule has 1 atom stereocenters. The number of carbonyl (C=O) groups is 1. The summed E-state index contributed by atoms with van der Waals surface area (Å²) in [5.41, 5.74) is 6.79. The van der Waals surface area contributed by atoms with Crippen LogP contribution in [0.25, 0.3) is 10.9 Å². The van der Waals surface area contributed by atoms with Crippen LogP contribution in [0.2, 0.25) is 0 Å². The van der Waals surface area contributed by atoms with Crippen molar-refractivity contribution in [2.24, 2.45) is 5.73 Å². The Morgan fingerprint density at radius 1 is 1.50 bits per heavy atom. The van der Waals surface area contributed by atoms with Crippen molar-refractivity contribution in [2.75, 3.05) is 12.9 Å². The minimum Gasteiger partial charge on any atom is -0.468 e. The highest BCUT2D eigenvalue weighted by Crippen LogP contribution is 2.23. The van der Waals surface area contributed by atoms with E-state index in [-0.39, 0.29) is 5.97 Å². The van der Waals surface area contributed by atoms with E-state index in [0.717, 1.165) is 16.3 Å².